The number of hydrogen-bond donors (Lipinski definition) is 0. The first-order valence-electron chi connectivity index (χ1n) is 40.9. The molecule has 0 aliphatic heterocycles. The van der Waals surface area contributed by atoms with E-state index < -0.39 is 391 Å². The van der Waals surface area contributed by atoms with Gasteiger partial charge >= 0.3 is 0 Å². The third-order valence-corrected chi connectivity index (χ3v) is 12.3. The van der Waals surface area contributed by atoms with Gasteiger partial charge in [-0.15, -0.1) is 0 Å². The van der Waals surface area contributed by atoms with Gasteiger partial charge in [0.15, 0.2) is 0 Å². The zero-order valence-electron chi connectivity index (χ0n) is 74.9. The topological polar surface area (TPSA) is 4.93 Å². The van der Waals surface area contributed by atoms with E-state index in [1.54, 1.807) is 0 Å². The van der Waals surface area contributed by atoms with Crippen LogP contribution in [0.5, 0.6) is 0 Å². The summed E-state index contributed by atoms with van der Waals surface area (Å²) in [6.45, 7) is 0. The van der Waals surface area contributed by atoms with Crippen molar-refractivity contribution in [2.75, 3.05) is 0 Å². The lowest BCUT2D eigenvalue weighted by Crippen LogP contribution is -2.25. The minimum absolute atomic E-state index is 0.573. The highest BCUT2D eigenvalue weighted by molar-refractivity contribution is 6.26. The van der Waals surface area contributed by atoms with Gasteiger partial charge in [-0.3, -0.25) is 0 Å². The van der Waals surface area contributed by atoms with Crippen molar-refractivity contribution in [3.05, 3.63) is 270 Å². The van der Waals surface area contributed by atoms with Crippen molar-refractivity contribution in [3.63, 3.8) is 0 Å². The molecule has 0 saturated carbocycles. The quantitative estimate of drug-likeness (QED) is 0.155. The van der Waals surface area contributed by atoms with Gasteiger partial charge in [-0.1, -0.05) is 211 Å². The van der Waals surface area contributed by atoms with E-state index in [1.807, 2.05) is 0 Å². The van der Waals surface area contributed by atoms with E-state index in [4.69, 9.17) is 19.2 Å². The molecule has 0 N–H and O–H groups in total. The summed E-state index contributed by atoms with van der Waals surface area (Å²) in [6, 6.07) is -45.6. The molecule has 2 aliphatic carbocycles. The van der Waals surface area contributed by atoms with Crippen molar-refractivity contribution >= 4 is 54.1 Å². The Balaban J connectivity index is 1.20. The first-order valence-corrected chi connectivity index (χ1v) is 20.4. The second kappa shape index (κ2) is 14.1. The lowest BCUT2D eigenvalue weighted by molar-refractivity contribution is 0.794. The Hall–Kier alpha value is -8.78. The molecule has 0 atom stereocenters. The smallest absolute Gasteiger partial charge is 0.0725 e. The molecule has 13 aromatic rings. The van der Waals surface area contributed by atoms with Crippen molar-refractivity contribution in [2.24, 2.45) is 0 Å². The molecule has 0 saturated heterocycles. The molecule has 0 radical (unpaired) electrons. The Morgan fingerprint density at radius 1 is 0.279 bits per heavy atom. The maximum Gasteiger partial charge on any atom is 0.0725 e. The molecule has 1 heterocycles. The van der Waals surface area contributed by atoms with Crippen LogP contribution in [0.1, 0.15) is 78.5 Å². The number of rotatable bonds is 4. The van der Waals surface area contributed by atoms with Crippen LogP contribution in [0.25, 0.3) is 115 Å². The summed E-state index contributed by atoms with van der Waals surface area (Å²) in [6.07, 6.45) is 0. The second-order valence-electron chi connectivity index (χ2n) is 15.5. The van der Waals surface area contributed by atoms with Crippen LogP contribution >= 0.6 is 0 Å². The van der Waals surface area contributed by atoms with Crippen LogP contribution in [-0.2, 0) is 5.41 Å². The first-order chi connectivity index (χ1) is 50.8. The van der Waals surface area contributed by atoms with Gasteiger partial charge in [0.2, 0.25) is 0 Å². The molecular formula is C67H41N. The molecule has 1 heteroatoms. The fourth-order valence-corrected chi connectivity index (χ4v) is 9.64. The Morgan fingerprint density at radius 2 is 0.779 bits per heavy atom. The predicted molar refractivity (Wildman–Crippen MR) is 286 cm³/mol. The number of aromatic nitrogens is 1. The van der Waals surface area contributed by atoms with Gasteiger partial charge in [-0.05, 0) is 141 Å². The fraction of sp³-hybridized carbons (Fsp3) is 0.0149. The molecule has 1 spiro atoms. The molecule has 314 valence electrons. The number of fused-ring (bicyclic) bond motifs is 19. The molecule has 68 heavy (non-hydrogen) atoms. The van der Waals surface area contributed by atoms with E-state index in [-0.39, 0.29) is 0 Å². The van der Waals surface area contributed by atoms with Crippen LogP contribution in [-0.4, -0.2) is 4.57 Å². The summed E-state index contributed by atoms with van der Waals surface area (Å²) in [5.74, 6) is 0. The van der Waals surface area contributed by atoms with E-state index in [1.165, 1.54) is 0 Å². The van der Waals surface area contributed by atoms with E-state index in [9.17, 15) is 37.0 Å². The van der Waals surface area contributed by atoms with Crippen molar-refractivity contribution < 1.29 is 56.2 Å². The number of hydrogen-bond acceptors (Lipinski definition) is 0. The van der Waals surface area contributed by atoms with Crippen molar-refractivity contribution in [3.8, 4) is 61.3 Å². The highest BCUT2D eigenvalue weighted by Crippen LogP contribution is 2.64. The molecule has 0 amide bonds. The lowest BCUT2D eigenvalue weighted by atomic mass is 9.70. The average molecular weight is 901 g/mol. The van der Waals surface area contributed by atoms with E-state index in [0.29, 0.717) is 4.57 Å². The normalized spacial score (nSPS) is 21.6. The molecule has 12 aromatic carbocycles. The molecular weight excluding hydrogens is 819 g/mol. The SMILES string of the molecule is [2H]c1c([2H])c([2H])c(-n2c3c([2H])c([2H])c([2H])c([2H])c3c3c([2H])c([2H])c([2H])c(-c4c([2H])c([2H])c5c(c4[2H])C4(c6c([2H])c([2H])c([2H])c([2H])c6-c6c([2H])c([2H])c([2H])c([2H])c64)c4c([2H])c([2H])c([2H])c(-c6c([2H])c([2H])c([2H])c(-c7c([2H])c([2H])c8c9c([2H])c([2H])c([2H])c([2H])c9c9c([2H])c([2H])c([2H])c([2H])c9c8c7[2H])c6[2H])c4-5)c32)c([2H])c1[2H]. The summed E-state index contributed by atoms with van der Waals surface area (Å²) in [5, 5.41) is -5.41. The van der Waals surface area contributed by atoms with Gasteiger partial charge in [0.1, 0.15) is 0 Å². The highest BCUT2D eigenvalue weighted by Gasteiger charge is 2.52. The van der Waals surface area contributed by atoms with Crippen LogP contribution in [0.4, 0.5) is 0 Å². The molecule has 0 unspecified atom stereocenters. The van der Waals surface area contributed by atoms with Crippen molar-refractivity contribution in [1.29, 1.82) is 0 Å². The number of nitrogens with zero attached hydrogens (tertiary/aromatic N) is 1. The van der Waals surface area contributed by atoms with Gasteiger partial charge < -0.3 is 4.57 Å². The standard InChI is InChI=1S/C67H41N/c1-2-19-46(20-3-1)68-64-34-13-10-27-56(64)57-30-15-29-48(66(57)68)45-36-38-58-63(41-45)67(60-31-11-8-25-54(60)55-26-9-12-32-61(55)67)62-33-16-28-47(65(58)62)44-18-14-17-42(39-44)43-35-37-53-51-23-5-4-21-49(51)50-22-6-7-24-52(50)59(53)40-43/h1-41H/i1D,2D,3D,4D,5D,6D,7D,8D,9D,10D,11D,12D,13D,14D,15D,16D,17D,18D,19D,20D,21D,22D,23D,24D,25D,26D,27D,28D,29D,30D,31D,32D,33D,34D,35D,36D,37D,38D,39D,40D,41D. The third-order valence-electron chi connectivity index (χ3n) is 12.3. The summed E-state index contributed by atoms with van der Waals surface area (Å²) in [7, 11) is 0. The van der Waals surface area contributed by atoms with Crippen molar-refractivity contribution in [1.82, 2.24) is 4.57 Å². The van der Waals surface area contributed by atoms with Gasteiger partial charge in [0.25, 0.3) is 0 Å². The molecule has 2 aliphatic rings. The lowest BCUT2D eigenvalue weighted by Gasteiger charge is -2.31. The zero-order valence-corrected chi connectivity index (χ0v) is 33.9. The van der Waals surface area contributed by atoms with E-state index in [0.717, 1.165) is 0 Å². The van der Waals surface area contributed by atoms with Gasteiger partial charge in [-0.2, -0.15) is 0 Å². The largest absolute Gasteiger partial charge is 0.309 e. The average Bonchev–Trinajstić information content (AvgIpc) is 1.47. The summed E-state index contributed by atoms with van der Waals surface area (Å²) in [4.78, 5) is 0. The minimum atomic E-state index is -3.32. The van der Waals surface area contributed by atoms with Crippen LogP contribution in [0.3, 0.4) is 0 Å². The minimum Gasteiger partial charge on any atom is -0.309 e. The van der Waals surface area contributed by atoms with Gasteiger partial charge in [-0.25, -0.2) is 0 Å². The van der Waals surface area contributed by atoms with E-state index >= 15 is 0 Å². The van der Waals surface area contributed by atoms with Gasteiger partial charge in [0.05, 0.1) is 72.6 Å². The number of benzene rings is 12. The maximum atomic E-state index is 11.0. The zero-order chi connectivity index (χ0) is 80.2. The fourth-order valence-electron chi connectivity index (χ4n) is 9.64. The Bertz CT molecular complexity index is 6590. The number of para-hydroxylation sites is 3. The molecule has 0 bridgehead atoms. The summed E-state index contributed by atoms with van der Waals surface area (Å²) < 4.78 is 389. The van der Waals surface area contributed by atoms with Gasteiger partial charge in [0, 0.05) is 22.0 Å². The molecule has 0 fully saturated rings. The molecule has 1 nitrogen and oxygen atoms in total. The highest BCUT2D eigenvalue weighted by atomic mass is 15.0. The summed E-state index contributed by atoms with van der Waals surface area (Å²) >= 11 is 0. The predicted octanol–water partition coefficient (Wildman–Crippen LogP) is 17.6. The first kappa shape index (κ1) is 15.4. The Morgan fingerprint density at radius 3 is 1.53 bits per heavy atom. The third kappa shape index (κ3) is 5.00. The van der Waals surface area contributed by atoms with Crippen LogP contribution in [0.15, 0.2) is 248 Å². The maximum absolute atomic E-state index is 11.0. The second-order valence-corrected chi connectivity index (χ2v) is 15.5. The Labute approximate surface area is 452 Å². The van der Waals surface area contributed by atoms with Crippen LogP contribution < -0.4 is 0 Å². The molecule has 15 rings (SSSR count). The van der Waals surface area contributed by atoms with Crippen LogP contribution in [0.2, 0.25) is 0 Å². The monoisotopic (exact) mass is 901 g/mol. The Kier molecular flexibility index (Phi) is 3.19. The van der Waals surface area contributed by atoms with Crippen LogP contribution in [0, 0.1) is 0 Å². The summed E-state index contributed by atoms with van der Waals surface area (Å²) in [5.41, 5.74) is -19.9. The van der Waals surface area contributed by atoms with Crippen molar-refractivity contribution in [2.45, 2.75) is 5.41 Å². The van der Waals surface area contributed by atoms with E-state index in [2.05, 4.69) is 0 Å². The molecule has 1 aromatic heterocycles.